The van der Waals surface area contributed by atoms with Crippen molar-refractivity contribution in [2.45, 2.75) is 5.92 Å². The zero-order chi connectivity index (χ0) is 22.4. The van der Waals surface area contributed by atoms with Crippen LogP contribution in [0.2, 0.25) is 0 Å². The molecule has 0 aliphatic heterocycles. The number of rotatable bonds is 2. The number of carbonyl (C=O) groups is 4. The van der Waals surface area contributed by atoms with Crippen molar-refractivity contribution in [3.8, 4) is 0 Å². The molecular formula is C25H13NO6. The standard InChI is InChI=1S/C25H13NO6/c27-20-15-5-1-2-6-16(15)21(28)24(20)19(13-9-11-14(12-10-13)26(31)32)25(24)22(29)17-7-3-4-8-18(17)23(25)30/h1-12,19H. The van der Waals surface area contributed by atoms with Crippen molar-refractivity contribution in [2.24, 2.45) is 10.8 Å². The van der Waals surface area contributed by atoms with Gasteiger partial charge in [0, 0.05) is 40.3 Å². The van der Waals surface area contributed by atoms with Gasteiger partial charge >= 0.3 is 0 Å². The molecule has 3 aliphatic rings. The van der Waals surface area contributed by atoms with Crippen LogP contribution in [0.4, 0.5) is 5.69 Å². The molecule has 1 fully saturated rings. The molecule has 154 valence electrons. The third kappa shape index (κ3) is 1.76. The van der Waals surface area contributed by atoms with Crippen molar-refractivity contribution in [2.75, 3.05) is 0 Å². The zero-order valence-electron chi connectivity index (χ0n) is 16.4. The van der Waals surface area contributed by atoms with Gasteiger partial charge in [0.05, 0.1) is 4.92 Å². The van der Waals surface area contributed by atoms with E-state index in [1.807, 2.05) is 0 Å². The Balaban J connectivity index is 1.63. The lowest BCUT2D eigenvalue weighted by atomic mass is 9.84. The molecule has 0 radical (unpaired) electrons. The number of nitro benzene ring substituents is 1. The Morgan fingerprint density at radius 1 is 0.594 bits per heavy atom. The number of non-ortho nitro benzene ring substituents is 1. The fraction of sp³-hybridized carbons (Fsp3) is 0.120. The molecule has 0 N–H and O–H groups in total. The highest BCUT2D eigenvalue weighted by Crippen LogP contribution is 2.81. The summed E-state index contributed by atoms with van der Waals surface area (Å²) >= 11 is 0. The lowest BCUT2D eigenvalue weighted by Crippen LogP contribution is -2.32. The molecule has 1 saturated carbocycles. The molecule has 2 spiro atoms. The van der Waals surface area contributed by atoms with Crippen molar-refractivity contribution >= 4 is 28.8 Å². The summed E-state index contributed by atoms with van der Waals surface area (Å²) in [6.07, 6.45) is 0. The second-order valence-electron chi connectivity index (χ2n) is 8.31. The van der Waals surface area contributed by atoms with Gasteiger partial charge in [-0.1, -0.05) is 60.7 Å². The van der Waals surface area contributed by atoms with E-state index in [0.29, 0.717) is 5.56 Å². The summed E-state index contributed by atoms with van der Waals surface area (Å²) in [5.74, 6) is -3.21. The van der Waals surface area contributed by atoms with Crippen LogP contribution in [-0.4, -0.2) is 28.1 Å². The lowest BCUT2D eigenvalue weighted by Gasteiger charge is -2.11. The SMILES string of the molecule is O=C1c2ccccc2C(=O)C12C(c1ccc([N+](=O)[O-])cc1)C21C(=O)c2ccccc2C1=O. The molecule has 0 aromatic heterocycles. The predicted octanol–water partition coefficient (Wildman–Crippen LogP) is 3.82. The fourth-order valence-electron chi connectivity index (χ4n) is 5.82. The van der Waals surface area contributed by atoms with E-state index in [1.165, 1.54) is 48.5 Å². The van der Waals surface area contributed by atoms with Gasteiger partial charge in [-0.2, -0.15) is 0 Å². The van der Waals surface area contributed by atoms with E-state index in [2.05, 4.69) is 0 Å². The Kier molecular flexibility index (Phi) is 3.30. The van der Waals surface area contributed by atoms with Crippen molar-refractivity contribution in [1.29, 1.82) is 0 Å². The van der Waals surface area contributed by atoms with Gasteiger partial charge in [0.1, 0.15) is 10.8 Å². The van der Waals surface area contributed by atoms with Gasteiger partial charge in [0.2, 0.25) is 0 Å². The molecule has 7 nitrogen and oxygen atoms in total. The minimum atomic E-state index is -1.87. The topological polar surface area (TPSA) is 111 Å². The molecule has 0 atom stereocenters. The molecule has 3 aromatic carbocycles. The summed E-state index contributed by atoms with van der Waals surface area (Å²) < 4.78 is 0. The number of nitro groups is 1. The van der Waals surface area contributed by atoms with Crippen LogP contribution in [0.5, 0.6) is 0 Å². The minimum Gasteiger partial charge on any atom is -0.293 e. The molecule has 0 bridgehead atoms. The first-order chi connectivity index (χ1) is 15.4. The number of Topliss-reactive ketones (excluding diaryl/α,β-unsaturated/α-hetero) is 4. The summed E-state index contributed by atoms with van der Waals surface area (Å²) in [5.41, 5.74) is -2.77. The molecule has 32 heavy (non-hydrogen) atoms. The second kappa shape index (κ2) is 5.70. The first kappa shape index (κ1) is 18.5. The summed E-state index contributed by atoms with van der Waals surface area (Å²) in [6.45, 7) is 0. The average molecular weight is 423 g/mol. The van der Waals surface area contributed by atoms with Gasteiger partial charge in [0.15, 0.2) is 23.1 Å². The van der Waals surface area contributed by atoms with Crippen LogP contribution in [0, 0.1) is 20.9 Å². The van der Waals surface area contributed by atoms with Crippen LogP contribution in [0.1, 0.15) is 52.9 Å². The first-order valence-corrected chi connectivity index (χ1v) is 10.00. The zero-order valence-corrected chi connectivity index (χ0v) is 16.4. The maximum atomic E-state index is 13.7. The third-order valence-electron chi connectivity index (χ3n) is 7.11. The summed E-state index contributed by atoms with van der Waals surface area (Å²) in [5, 5.41) is 11.1. The van der Waals surface area contributed by atoms with Crippen molar-refractivity contribution in [3.63, 3.8) is 0 Å². The van der Waals surface area contributed by atoms with Crippen LogP contribution < -0.4 is 0 Å². The van der Waals surface area contributed by atoms with E-state index < -0.39 is 44.8 Å². The van der Waals surface area contributed by atoms with Crippen molar-refractivity contribution < 1.29 is 24.1 Å². The van der Waals surface area contributed by atoms with Gasteiger partial charge in [-0.3, -0.25) is 29.3 Å². The van der Waals surface area contributed by atoms with E-state index in [0.717, 1.165) is 0 Å². The highest BCUT2D eigenvalue weighted by molar-refractivity contribution is 6.45. The van der Waals surface area contributed by atoms with E-state index >= 15 is 0 Å². The summed E-state index contributed by atoms with van der Waals surface area (Å²) in [6, 6.07) is 18.0. The normalized spacial score (nSPS) is 19.5. The molecule has 3 aromatic rings. The predicted molar refractivity (Wildman–Crippen MR) is 111 cm³/mol. The summed E-state index contributed by atoms with van der Waals surface area (Å²) in [4.78, 5) is 65.4. The maximum absolute atomic E-state index is 13.7. The van der Waals surface area contributed by atoms with E-state index in [9.17, 15) is 29.3 Å². The van der Waals surface area contributed by atoms with Crippen LogP contribution in [0.3, 0.4) is 0 Å². The molecule has 0 amide bonds. The molecule has 7 heteroatoms. The largest absolute Gasteiger partial charge is 0.293 e. The Morgan fingerprint density at radius 3 is 1.25 bits per heavy atom. The number of hydrogen-bond acceptors (Lipinski definition) is 6. The van der Waals surface area contributed by atoms with Crippen molar-refractivity contribution in [3.05, 3.63) is 111 Å². The van der Waals surface area contributed by atoms with Crippen LogP contribution in [-0.2, 0) is 0 Å². The Labute approximate surface area is 180 Å². The van der Waals surface area contributed by atoms with E-state index in [4.69, 9.17) is 0 Å². The van der Waals surface area contributed by atoms with Crippen LogP contribution in [0.25, 0.3) is 0 Å². The first-order valence-electron chi connectivity index (χ1n) is 10.00. The number of fused-ring (bicyclic) bond motifs is 3. The van der Waals surface area contributed by atoms with E-state index in [1.54, 1.807) is 24.3 Å². The van der Waals surface area contributed by atoms with Crippen molar-refractivity contribution in [1.82, 2.24) is 0 Å². The third-order valence-corrected chi connectivity index (χ3v) is 7.11. The fourth-order valence-corrected chi connectivity index (χ4v) is 5.82. The average Bonchev–Trinajstić information content (AvgIpc) is 3.34. The molecular weight excluding hydrogens is 410 g/mol. The maximum Gasteiger partial charge on any atom is 0.269 e. The van der Waals surface area contributed by atoms with Gasteiger partial charge in [0.25, 0.3) is 5.69 Å². The number of ketones is 4. The lowest BCUT2D eigenvalue weighted by molar-refractivity contribution is -0.384. The van der Waals surface area contributed by atoms with Gasteiger partial charge in [-0.15, -0.1) is 0 Å². The van der Waals surface area contributed by atoms with Gasteiger partial charge in [-0.25, -0.2) is 0 Å². The monoisotopic (exact) mass is 423 g/mol. The Hall–Kier alpha value is -4.26. The van der Waals surface area contributed by atoms with Gasteiger partial charge in [-0.05, 0) is 5.56 Å². The Bertz CT molecular complexity index is 1280. The number of nitrogens with zero attached hydrogens (tertiary/aromatic N) is 1. The summed E-state index contributed by atoms with van der Waals surface area (Å²) in [7, 11) is 0. The van der Waals surface area contributed by atoms with Crippen LogP contribution in [0.15, 0.2) is 72.8 Å². The Morgan fingerprint density at radius 2 is 0.938 bits per heavy atom. The van der Waals surface area contributed by atoms with Crippen LogP contribution >= 0.6 is 0 Å². The smallest absolute Gasteiger partial charge is 0.269 e. The highest BCUT2D eigenvalue weighted by Gasteiger charge is 2.93. The molecule has 6 rings (SSSR count). The quantitative estimate of drug-likeness (QED) is 0.352. The molecule has 0 heterocycles. The number of carbonyl (C=O) groups excluding carboxylic acids is 4. The minimum absolute atomic E-state index is 0.169. The number of hydrogen-bond donors (Lipinski definition) is 0. The second-order valence-corrected chi connectivity index (χ2v) is 8.31. The van der Waals surface area contributed by atoms with Gasteiger partial charge < -0.3 is 0 Å². The highest BCUT2D eigenvalue weighted by atomic mass is 16.6. The molecule has 0 unspecified atom stereocenters. The molecule has 0 saturated heterocycles. The number of benzene rings is 3. The van der Waals surface area contributed by atoms with E-state index in [-0.39, 0.29) is 27.9 Å². The molecule has 3 aliphatic carbocycles.